The van der Waals surface area contributed by atoms with Crippen LogP contribution in [0.4, 0.5) is 17.6 Å². The van der Waals surface area contributed by atoms with E-state index >= 15 is 0 Å². The monoisotopic (exact) mass is 441 g/mol. The van der Waals surface area contributed by atoms with Crippen LogP contribution < -0.4 is 10.5 Å². The van der Waals surface area contributed by atoms with Crippen LogP contribution >= 0.6 is 11.3 Å². The molecule has 2 aromatic carbocycles. The minimum Gasteiger partial charge on any atom is -0.489 e. The minimum absolute atomic E-state index is 0.0966. The number of carbonyl (C=O) groups excluding carboxylic acids is 2. The molecule has 0 atom stereocenters. The molecule has 0 spiro atoms. The molecule has 30 heavy (non-hydrogen) atoms. The highest BCUT2D eigenvalue weighted by atomic mass is 32.1. The molecule has 0 bridgehead atoms. The number of benzene rings is 2. The van der Waals surface area contributed by atoms with Crippen molar-refractivity contribution in [2.75, 3.05) is 6.61 Å². The number of rotatable bonds is 6. The second-order valence-corrected chi connectivity index (χ2v) is 7.15. The highest BCUT2D eigenvalue weighted by molar-refractivity contribution is 7.21. The summed E-state index contributed by atoms with van der Waals surface area (Å²) in [6.45, 7) is 1.32. The van der Waals surface area contributed by atoms with Crippen molar-refractivity contribution < 1.29 is 36.6 Å². The Bertz CT molecular complexity index is 1120. The molecule has 0 saturated carbocycles. The molecule has 5 nitrogen and oxygen atoms in total. The Labute approximate surface area is 172 Å². The third kappa shape index (κ3) is 4.23. The third-order valence-electron chi connectivity index (χ3n) is 4.17. The van der Waals surface area contributed by atoms with Gasteiger partial charge in [-0.25, -0.2) is 9.18 Å². The Hall–Kier alpha value is -3.14. The number of amides is 1. The predicted octanol–water partition coefficient (Wildman–Crippen LogP) is 4.91. The second kappa shape index (κ2) is 8.31. The molecule has 0 aliphatic carbocycles. The standard InChI is InChI=1S/C20H15F4NO4S/c1-2-28-19(27)17-12(16-14(21)4-3-5-15(16)30-17)9-29-10-6-7-11(18(25)26)13(8-10)20(22,23)24/h3-8H,2,9H2,1H3,(H2,25,26). The zero-order chi connectivity index (χ0) is 22.1. The Kier molecular flexibility index (Phi) is 5.97. The van der Waals surface area contributed by atoms with Crippen LogP contribution in [0.2, 0.25) is 0 Å². The lowest BCUT2D eigenvalue weighted by molar-refractivity contribution is -0.138. The number of hydrogen-bond acceptors (Lipinski definition) is 5. The first kappa shape index (κ1) is 21.6. The summed E-state index contributed by atoms with van der Waals surface area (Å²) in [4.78, 5) is 23.7. The fourth-order valence-corrected chi connectivity index (χ4v) is 4.00. The molecule has 0 radical (unpaired) electrons. The summed E-state index contributed by atoms with van der Waals surface area (Å²) in [5.74, 6) is -2.74. The zero-order valence-corrected chi connectivity index (χ0v) is 16.3. The molecule has 1 amide bonds. The van der Waals surface area contributed by atoms with Crippen LogP contribution in [0, 0.1) is 5.82 Å². The van der Waals surface area contributed by atoms with E-state index in [1.807, 2.05) is 0 Å². The first-order valence-electron chi connectivity index (χ1n) is 8.64. The van der Waals surface area contributed by atoms with Crippen LogP contribution in [0.25, 0.3) is 10.1 Å². The summed E-state index contributed by atoms with van der Waals surface area (Å²) in [5, 5.41) is 0.135. The average Bonchev–Trinajstić information content (AvgIpc) is 3.05. The first-order valence-corrected chi connectivity index (χ1v) is 9.46. The van der Waals surface area contributed by atoms with Gasteiger partial charge in [0.05, 0.1) is 17.7 Å². The zero-order valence-electron chi connectivity index (χ0n) is 15.5. The van der Waals surface area contributed by atoms with E-state index in [0.29, 0.717) is 10.8 Å². The molecular weight excluding hydrogens is 426 g/mol. The van der Waals surface area contributed by atoms with E-state index in [9.17, 15) is 27.2 Å². The molecule has 3 aromatic rings. The Morgan fingerprint density at radius 1 is 1.17 bits per heavy atom. The number of primary amides is 1. The maximum Gasteiger partial charge on any atom is 0.417 e. The summed E-state index contributed by atoms with van der Waals surface area (Å²) < 4.78 is 65.0. The largest absolute Gasteiger partial charge is 0.489 e. The number of ether oxygens (including phenoxy) is 2. The molecule has 10 heteroatoms. The van der Waals surface area contributed by atoms with Gasteiger partial charge in [0.1, 0.15) is 23.1 Å². The van der Waals surface area contributed by atoms with Gasteiger partial charge in [0.15, 0.2) is 0 Å². The molecular formula is C20H15F4NO4S. The van der Waals surface area contributed by atoms with E-state index in [2.05, 4.69) is 0 Å². The maximum atomic E-state index is 14.4. The van der Waals surface area contributed by atoms with Crippen molar-refractivity contribution in [2.45, 2.75) is 19.7 Å². The Morgan fingerprint density at radius 3 is 2.53 bits per heavy atom. The number of carbonyl (C=O) groups is 2. The van der Waals surface area contributed by atoms with Crippen LogP contribution in [0.15, 0.2) is 36.4 Å². The molecule has 1 aromatic heterocycles. The Balaban J connectivity index is 2.00. The summed E-state index contributed by atoms with van der Waals surface area (Å²) in [7, 11) is 0. The number of fused-ring (bicyclic) bond motifs is 1. The Morgan fingerprint density at radius 2 is 1.90 bits per heavy atom. The molecule has 3 rings (SSSR count). The smallest absolute Gasteiger partial charge is 0.417 e. The summed E-state index contributed by atoms with van der Waals surface area (Å²) in [6.07, 6.45) is -4.83. The van der Waals surface area contributed by atoms with Crippen molar-refractivity contribution in [1.29, 1.82) is 0 Å². The number of hydrogen-bond donors (Lipinski definition) is 1. The van der Waals surface area contributed by atoms with Crippen molar-refractivity contribution in [2.24, 2.45) is 5.73 Å². The number of nitrogens with two attached hydrogens (primary N) is 1. The van der Waals surface area contributed by atoms with Gasteiger partial charge < -0.3 is 15.2 Å². The molecule has 0 fully saturated rings. The van der Waals surface area contributed by atoms with E-state index in [0.717, 1.165) is 23.5 Å². The van der Waals surface area contributed by atoms with Crippen molar-refractivity contribution in [3.63, 3.8) is 0 Å². The van der Waals surface area contributed by atoms with Crippen molar-refractivity contribution in [3.05, 3.63) is 63.8 Å². The van der Waals surface area contributed by atoms with Gasteiger partial charge in [0, 0.05) is 15.6 Å². The number of thiophene rings is 1. The second-order valence-electron chi connectivity index (χ2n) is 6.10. The highest BCUT2D eigenvalue weighted by Crippen LogP contribution is 2.37. The number of halogens is 4. The predicted molar refractivity (Wildman–Crippen MR) is 102 cm³/mol. The van der Waals surface area contributed by atoms with E-state index in [4.69, 9.17) is 15.2 Å². The first-order chi connectivity index (χ1) is 14.1. The molecule has 0 unspecified atom stereocenters. The van der Waals surface area contributed by atoms with Crippen molar-refractivity contribution in [1.82, 2.24) is 0 Å². The maximum absolute atomic E-state index is 14.4. The van der Waals surface area contributed by atoms with Crippen LogP contribution in [-0.2, 0) is 17.5 Å². The van der Waals surface area contributed by atoms with Gasteiger partial charge >= 0.3 is 12.1 Å². The molecule has 0 aliphatic heterocycles. The van der Waals surface area contributed by atoms with Gasteiger partial charge in [-0.2, -0.15) is 13.2 Å². The summed E-state index contributed by atoms with van der Waals surface area (Å²) in [6, 6.07) is 6.97. The molecule has 158 valence electrons. The molecule has 1 heterocycles. The fraction of sp³-hybridized carbons (Fsp3) is 0.200. The van der Waals surface area contributed by atoms with Crippen LogP contribution in [0.1, 0.15) is 38.1 Å². The lowest BCUT2D eigenvalue weighted by atomic mass is 10.1. The topological polar surface area (TPSA) is 78.6 Å². The molecule has 2 N–H and O–H groups in total. The van der Waals surface area contributed by atoms with Crippen LogP contribution in [0.3, 0.4) is 0 Å². The van der Waals surface area contributed by atoms with E-state index < -0.39 is 35.0 Å². The normalized spacial score (nSPS) is 11.5. The highest BCUT2D eigenvalue weighted by Gasteiger charge is 2.35. The number of alkyl halides is 3. The SMILES string of the molecule is CCOC(=O)c1sc2cccc(F)c2c1COc1ccc(C(N)=O)c(C(F)(F)F)c1. The van der Waals surface area contributed by atoms with Crippen molar-refractivity contribution in [3.8, 4) is 5.75 Å². The lowest BCUT2D eigenvalue weighted by Gasteiger charge is -2.14. The lowest BCUT2D eigenvalue weighted by Crippen LogP contribution is -2.18. The van der Waals surface area contributed by atoms with Crippen LogP contribution in [0.5, 0.6) is 5.75 Å². The third-order valence-corrected chi connectivity index (χ3v) is 5.35. The van der Waals surface area contributed by atoms with Crippen LogP contribution in [-0.4, -0.2) is 18.5 Å². The van der Waals surface area contributed by atoms with Gasteiger partial charge in [-0.05, 0) is 37.3 Å². The fourth-order valence-electron chi connectivity index (χ4n) is 2.88. The average molecular weight is 441 g/mol. The van der Waals surface area contributed by atoms with Gasteiger partial charge in [-0.1, -0.05) is 6.07 Å². The summed E-state index contributed by atoms with van der Waals surface area (Å²) >= 11 is 0.999. The van der Waals surface area contributed by atoms with Crippen molar-refractivity contribution >= 4 is 33.3 Å². The van der Waals surface area contributed by atoms with E-state index in [1.54, 1.807) is 13.0 Å². The quantitative estimate of drug-likeness (QED) is 0.435. The molecule has 0 saturated heterocycles. The van der Waals surface area contributed by atoms with Gasteiger partial charge in [0.2, 0.25) is 5.91 Å². The minimum atomic E-state index is -4.83. The van der Waals surface area contributed by atoms with Gasteiger partial charge in [-0.15, -0.1) is 11.3 Å². The summed E-state index contributed by atoms with van der Waals surface area (Å²) in [5.41, 5.74) is 3.22. The van der Waals surface area contributed by atoms with Gasteiger partial charge in [0.25, 0.3) is 0 Å². The number of esters is 1. The van der Waals surface area contributed by atoms with Gasteiger partial charge in [-0.3, -0.25) is 4.79 Å². The van der Waals surface area contributed by atoms with E-state index in [1.165, 1.54) is 12.1 Å². The van der Waals surface area contributed by atoms with E-state index in [-0.39, 0.29) is 34.8 Å². The molecule has 0 aliphatic rings.